The summed E-state index contributed by atoms with van der Waals surface area (Å²) in [5.74, 6) is 0. The molecule has 2 aromatic rings. The average molecular weight is 267 g/mol. The van der Waals surface area contributed by atoms with E-state index < -0.39 is 6.03 Å². The fourth-order valence-corrected chi connectivity index (χ4v) is 1.58. The second kappa shape index (κ2) is 6.92. The van der Waals surface area contributed by atoms with Crippen LogP contribution in [0.2, 0.25) is 0 Å². The van der Waals surface area contributed by atoms with Crippen LogP contribution in [-0.2, 0) is 11.4 Å². The molecule has 0 aliphatic heterocycles. The van der Waals surface area contributed by atoms with Crippen LogP contribution >= 0.6 is 0 Å². The van der Waals surface area contributed by atoms with Crippen molar-refractivity contribution in [1.82, 2.24) is 5.48 Å². The van der Waals surface area contributed by atoms with E-state index in [2.05, 4.69) is 10.8 Å². The number of hydrogen-bond acceptors (Lipinski definition) is 3. The van der Waals surface area contributed by atoms with Crippen LogP contribution in [-0.4, -0.2) is 6.03 Å². The minimum absolute atomic E-state index is 0.284. The average Bonchev–Trinajstić information content (AvgIpc) is 2.48. The van der Waals surface area contributed by atoms with E-state index in [1.807, 2.05) is 36.4 Å². The zero-order chi connectivity index (χ0) is 14.2. The van der Waals surface area contributed by atoms with Crippen LogP contribution in [0.4, 0.5) is 10.5 Å². The molecule has 2 aromatic carbocycles. The zero-order valence-corrected chi connectivity index (χ0v) is 10.7. The van der Waals surface area contributed by atoms with Crippen molar-refractivity contribution < 1.29 is 9.63 Å². The first kappa shape index (κ1) is 13.6. The first-order valence-electron chi connectivity index (χ1n) is 6.01. The summed E-state index contributed by atoms with van der Waals surface area (Å²) in [5.41, 5.74) is 4.25. The van der Waals surface area contributed by atoms with Gasteiger partial charge < -0.3 is 5.32 Å². The Morgan fingerprint density at radius 1 is 1.15 bits per heavy atom. The number of carbonyl (C=O) groups is 1. The van der Waals surface area contributed by atoms with Gasteiger partial charge in [-0.2, -0.15) is 5.26 Å². The highest BCUT2D eigenvalue weighted by atomic mass is 16.7. The number of nitrogens with one attached hydrogen (secondary N) is 2. The molecule has 0 saturated carbocycles. The number of benzene rings is 2. The molecule has 0 heterocycles. The Labute approximate surface area is 116 Å². The summed E-state index contributed by atoms with van der Waals surface area (Å²) in [7, 11) is 0. The fraction of sp³-hybridized carbons (Fsp3) is 0.0667. The van der Waals surface area contributed by atoms with Gasteiger partial charge in [0.2, 0.25) is 0 Å². The molecular formula is C15H13N3O2. The number of hydrogen-bond donors (Lipinski definition) is 2. The summed E-state index contributed by atoms with van der Waals surface area (Å²) in [5, 5.41) is 11.3. The van der Waals surface area contributed by atoms with Gasteiger partial charge in [0.15, 0.2) is 0 Å². The molecule has 0 fully saturated rings. The lowest BCUT2D eigenvalue weighted by Crippen LogP contribution is -2.28. The van der Waals surface area contributed by atoms with E-state index >= 15 is 0 Å². The van der Waals surface area contributed by atoms with Gasteiger partial charge in [0.05, 0.1) is 18.2 Å². The molecule has 0 bridgehead atoms. The molecule has 0 unspecified atom stereocenters. The van der Waals surface area contributed by atoms with Crippen LogP contribution < -0.4 is 10.8 Å². The van der Waals surface area contributed by atoms with Crippen molar-refractivity contribution in [3.05, 3.63) is 65.7 Å². The van der Waals surface area contributed by atoms with Crippen LogP contribution in [0.5, 0.6) is 0 Å². The number of anilines is 1. The number of carbonyl (C=O) groups excluding carboxylic acids is 1. The first-order valence-corrected chi connectivity index (χ1v) is 6.01. The Balaban J connectivity index is 1.79. The number of nitrogens with zero attached hydrogens (tertiary/aromatic N) is 1. The van der Waals surface area contributed by atoms with Crippen LogP contribution in [0, 0.1) is 11.3 Å². The summed E-state index contributed by atoms with van der Waals surface area (Å²) in [4.78, 5) is 16.7. The third kappa shape index (κ3) is 4.12. The monoisotopic (exact) mass is 267 g/mol. The highest BCUT2D eigenvalue weighted by Gasteiger charge is 2.02. The van der Waals surface area contributed by atoms with Gasteiger partial charge in [0.1, 0.15) is 0 Å². The maximum Gasteiger partial charge on any atom is 0.343 e. The molecule has 5 nitrogen and oxygen atoms in total. The van der Waals surface area contributed by atoms with E-state index in [1.165, 1.54) is 0 Å². The summed E-state index contributed by atoms with van der Waals surface area (Å²) in [6, 6.07) is 17.6. The Bertz CT molecular complexity index is 621. The lowest BCUT2D eigenvalue weighted by Gasteiger charge is -2.08. The van der Waals surface area contributed by atoms with Crippen molar-refractivity contribution in [3.8, 4) is 6.07 Å². The highest BCUT2D eigenvalue weighted by Crippen LogP contribution is 2.09. The predicted octanol–water partition coefficient (Wildman–Crippen LogP) is 2.81. The van der Waals surface area contributed by atoms with Crippen molar-refractivity contribution in [2.24, 2.45) is 0 Å². The lowest BCUT2D eigenvalue weighted by molar-refractivity contribution is 0.0536. The molecule has 0 aliphatic carbocycles. The van der Waals surface area contributed by atoms with E-state index in [1.54, 1.807) is 24.3 Å². The molecule has 0 aliphatic rings. The molecule has 0 saturated heterocycles. The van der Waals surface area contributed by atoms with E-state index in [-0.39, 0.29) is 6.61 Å². The molecule has 2 amide bonds. The predicted molar refractivity (Wildman–Crippen MR) is 74.5 cm³/mol. The van der Waals surface area contributed by atoms with Gasteiger partial charge in [-0.15, -0.1) is 0 Å². The summed E-state index contributed by atoms with van der Waals surface area (Å²) >= 11 is 0. The third-order valence-electron chi connectivity index (χ3n) is 2.50. The maximum atomic E-state index is 11.6. The third-order valence-corrected chi connectivity index (χ3v) is 2.50. The van der Waals surface area contributed by atoms with Gasteiger partial charge >= 0.3 is 6.03 Å². The Morgan fingerprint density at radius 3 is 2.70 bits per heavy atom. The number of nitriles is 1. The van der Waals surface area contributed by atoms with E-state index in [4.69, 9.17) is 10.1 Å². The number of hydroxylamine groups is 1. The van der Waals surface area contributed by atoms with Gasteiger partial charge in [-0.05, 0) is 23.8 Å². The van der Waals surface area contributed by atoms with Crippen LogP contribution in [0.15, 0.2) is 54.6 Å². The number of amides is 2. The second-order valence-corrected chi connectivity index (χ2v) is 4.02. The molecule has 100 valence electrons. The van der Waals surface area contributed by atoms with Crippen molar-refractivity contribution in [2.45, 2.75) is 6.61 Å². The number of urea groups is 1. The largest absolute Gasteiger partial charge is 0.343 e. The van der Waals surface area contributed by atoms with Crippen LogP contribution in [0.25, 0.3) is 0 Å². The van der Waals surface area contributed by atoms with Gasteiger partial charge in [-0.3, -0.25) is 4.84 Å². The highest BCUT2D eigenvalue weighted by molar-refractivity contribution is 5.88. The molecule has 2 N–H and O–H groups in total. The molecular weight excluding hydrogens is 254 g/mol. The molecule has 0 aromatic heterocycles. The SMILES string of the molecule is N#Cc1cccc(NC(=O)NOCc2ccccc2)c1. The molecule has 0 atom stereocenters. The summed E-state index contributed by atoms with van der Waals surface area (Å²) in [6.07, 6.45) is 0. The van der Waals surface area contributed by atoms with Crippen molar-refractivity contribution in [1.29, 1.82) is 5.26 Å². The molecule has 0 spiro atoms. The molecule has 20 heavy (non-hydrogen) atoms. The Kier molecular flexibility index (Phi) is 4.70. The molecule has 5 heteroatoms. The van der Waals surface area contributed by atoms with Gasteiger partial charge in [-0.25, -0.2) is 10.3 Å². The Hall–Kier alpha value is -2.84. The van der Waals surface area contributed by atoms with Gasteiger partial charge in [0, 0.05) is 5.69 Å². The Morgan fingerprint density at radius 2 is 1.95 bits per heavy atom. The number of rotatable bonds is 4. The van der Waals surface area contributed by atoms with Gasteiger partial charge in [-0.1, -0.05) is 36.4 Å². The lowest BCUT2D eigenvalue weighted by atomic mass is 10.2. The first-order chi connectivity index (χ1) is 9.78. The van der Waals surface area contributed by atoms with E-state index in [9.17, 15) is 4.79 Å². The van der Waals surface area contributed by atoms with Crippen molar-refractivity contribution in [3.63, 3.8) is 0 Å². The van der Waals surface area contributed by atoms with E-state index in [0.717, 1.165) is 5.56 Å². The maximum absolute atomic E-state index is 11.6. The van der Waals surface area contributed by atoms with E-state index in [0.29, 0.717) is 11.3 Å². The zero-order valence-electron chi connectivity index (χ0n) is 10.7. The smallest absolute Gasteiger partial charge is 0.306 e. The minimum Gasteiger partial charge on any atom is -0.306 e. The summed E-state index contributed by atoms with van der Waals surface area (Å²) in [6.45, 7) is 0.284. The van der Waals surface area contributed by atoms with Gasteiger partial charge in [0.25, 0.3) is 0 Å². The van der Waals surface area contributed by atoms with Crippen molar-refractivity contribution in [2.75, 3.05) is 5.32 Å². The van der Waals surface area contributed by atoms with Crippen molar-refractivity contribution >= 4 is 11.7 Å². The fourth-order valence-electron chi connectivity index (χ4n) is 1.58. The normalized spacial score (nSPS) is 9.55. The standard InChI is InChI=1S/C15H13N3O2/c16-10-13-7-4-8-14(9-13)17-15(19)18-20-11-12-5-2-1-3-6-12/h1-9H,11H2,(H2,17,18,19). The molecule has 2 rings (SSSR count). The summed E-state index contributed by atoms with van der Waals surface area (Å²) < 4.78 is 0. The molecule has 0 radical (unpaired) electrons. The quantitative estimate of drug-likeness (QED) is 0.836. The minimum atomic E-state index is -0.490. The second-order valence-electron chi connectivity index (χ2n) is 4.02. The topological polar surface area (TPSA) is 74.2 Å². The van der Waals surface area contributed by atoms with Crippen LogP contribution in [0.3, 0.4) is 0 Å². The van der Waals surface area contributed by atoms with Crippen LogP contribution in [0.1, 0.15) is 11.1 Å².